The summed E-state index contributed by atoms with van der Waals surface area (Å²) in [5, 5.41) is 12.4. The van der Waals surface area contributed by atoms with E-state index in [1.165, 1.54) is 6.42 Å². The maximum Gasteiger partial charge on any atom is 0.262 e. The average Bonchev–Trinajstić information content (AvgIpc) is 2.66. The highest BCUT2D eigenvalue weighted by atomic mass is 16.5. The standard InChI is InChI=1S/C21H28N2O3/c1-4-11-26-19-10-9-16(13-20(19)25-3)12-17(14-22)21(24)23-18-8-6-5-7-15(18)2/h9-10,12-13,15,18H,4-8,11H2,1-3H3,(H,23,24)/b17-12+/t15-,18+/m1/s1. The van der Waals surface area contributed by atoms with Gasteiger partial charge in [0, 0.05) is 6.04 Å². The number of hydrogen-bond acceptors (Lipinski definition) is 4. The molecule has 140 valence electrons. The number of nitriles is 1. The van der Waals surface area contributed by atoms with Crippen LogP contribution >= 0.6 is 0 Å². The van der Waals surface area contributed by atoms with E-state index in [0.717, 1.165) is 31.2 Å². The van der Waals surface area contributed by atoms with E-state index in [2.05, 4.69) is 12.2 Å². The summed E-state index contributed by atoms with van der Waals surface area (Å²) in [6.45, 7) is 4.80. The van der Waals surface area contributed by atoms with Crippen molar-refractivity contribution >= 4 is 12.0 Å². The molecule has 0 saturated heterocycles. The van der Waals surface area contributed by atoms with Crippen LogP contribution in [0, 0.1) is 17.2 Å². The van der Waals surface area contributed by atoms with Crippen molar-refractivity contribution in [1.29, 1.82) is 5.26 Å². The lowest BCUT2D eigenvalue weighted by Crippen LogP contribution is -2.41. The highest BCUT2D eigenvalue weighted by Crippen LogP contribution is 2.29. The number of hydrogen-bond donors (Lipinski definition) is 1. The van der Waals surface area contributed by atoms with Gasteiger partial charge in [0.2, 0.25) is 0 Å². The van der Waals surface area contributed by atoms with Crippen LogP contribution in [0.1, 0.15) is 51.5 Å². The van der Waals surface area contributed by atoms with Crippen LogP contribution in [0.3, 0.4) is 0 Å². The molecule has 0 heterocycles. The van der Waals surface area contributed by atoms with E-state index in [-0.39, 0.29) is 17.5 Å². The van der Waals surface area contributed by atoms with Gasteiger partial charge in [-0.2, -0.15) is 5.26 Å². The van der Waals surface area contributed by atoms with Crippen LogP contribution in [0.2, 0.25) is 0 Å². The van der Waals surface area contributed by atoms with E-state index in [4.69, 9.17) is 9.47 Å². The van der Waals surface area contributed by atoms with Gasteiger partial charge in [-0.15, -0.1) is 0 Å². The minimum atomic E-state index is -0.309. The number of rotatable bonds is 7. The van der Waals surface area contributed by atoms with Gasteiger partial charge in [-0.25, -0.2) is 0 Å². The molecule has 2 rings (SSSR count). The molecule has 5 heteroatoms. The Hall–Kier alpha value is -2.48. The number of nitrogens with zero attached hydrogens (tertiary/aromatic N) is 1. The number of methoxy groups -OCH3 is 1. The first-order valence-corrected chi connectivity index (χ1v) is 9.32. The summed E-state index contributed by atoms with van der Waals surface area (Å²) in [6, 6.07) is 7.56. The van der Waals surface area contributed by atoms with Crippen LogP contribution in [-0.2, 0) is 4.79 Å². The summed E-state index contributed by atoms with van der Waals surface area (Å²) in [7, 11) is 1.57. The van der Waals surface area contributed by atoms with Gasteiger partial charge in [0.25, 0.3) is 5.91 Å². The van der Waals surface area contributed by atoms with Gasteiger partial charge in [-0.05, 0) is 49.0 Å². The Morgan fingerprint density at radius 2 is 2.12 bits per heavy atom. The fourth-order valence-corrected chi connectivity index (χ4v) is 3.20. The Morgan fingerprint density at radius 1 is 1.35 bits per heavy atom. The largest absolute Gasteiger partial charge is 0.493 e. The zero-order valence-corrected chi connectivity index (χ0v) is 15.9. The molecule has 1 aromatic carbocycles. The van der Waals surface area contributed by atoms with Crippen LogP contribution in [0.4, 0.5) is 0 Å². The lowest BCUT2D eigenvalue weighted by atomic mass is 9.86. The molecule has 0 aliphatic heterocycles. The predicted molar refractivity (Wildman–Crippen MR) is 102 cm³/mol. The lowest BCUT2D eigenvalue weighted by molar-refractivity contribution is -0.118. The molecule has 26 heavy (non-hydrogen) atoms. The minimum Gasteiger partial charge on any atom is -0.493 e. The average molecular weight is 356 g/mol. The minimum absolute atomic E-state index is 0.104. The Kier molecular flexibility index (Phi) is 7.53. The second kappa shape index (κ2) is 9.86. The number of amides is 1. The molecule has 1 aromatic rings. The molecule has 1 N–H and O–H groups in total. The highest BCUT2D eigenvalue weighted by molar-refractivity contribution is 6.01. The first-order chi connectivity index (χ1) is 12.6. The molecular weight excluding hydrogens is 328 g/mol. The van der Waals surface area contributed by atoms with Gasteiger partial charge >= 0.3 is 0 Å². The third-order valence-electron chi connectivity index (χ3n) is 4.75. The predicted octanol–water partition coefficient (Wildman–Crippen LogP) is 4.09. The van der Waals surface area contributed by atoms with Crippen molar-refractivity contribution in [3.8, 4) is 17.6 Å². The normalized spacial score (nSPS) is 20.2. The van der Waals surface area contributed by atoms with E-state index < -0.39 is 0 Å². The Bertz CT molecular complexity index is 691. The van der Waals surface area contributed by atoms with E-state index in [1.807, 2.05) is 19.1 Å². The van der Waals surface area contributed by atoms with E-state index >= 15 is 0 Å². The lowest BCUT2D eigenvalue weighted by Gasteiger charge is -2.29. The van der Waals surface area contributed by atoms with Crippen LogP contribution in [-0.4, -0.2) is 25.7 Å². The molecule has 0 radical (unpaired) electrons. The molecule has 0 spiro atoms. The number of carbonyl (C=O) groups excluding carboxylic acids is 1. The number of carbonyl (C=O) groups is 1. The summed E-state index contributed by atoms with van der Waals surface area (Å²) in [5.41, 5.74) is 0.834. The third kappa shape index (κ3) is 5.26. The summed E-state index contributed by atoms with van der Waals surface area (Å²) in [6.07, 6.45) is 6.92. The van der Waals surface area contributed by atoms with Crippen molar-refractivity contribution in [2.75, 3.05) is 13.7 Å². The molecule has 5 nitrogen and oxygen atoms in total. The van der Waals surface area contributed by atoms with Gasteiger partial charge in [0.05, 0.1) is 13.7 Å². The summed E-state index contributed by atoms with van der Waals surface area (Å²) in [5.74, 6) is 1.38. The molecular formula is C21H28N2O3. The smallest absolute Gasteiger partial charge is 0.262 e. The second-order valence-electron chi connectivity index (χ2n) is 6.77. The number of nitrogens with one attached hydrogen (secondary N) is 1. The molecule has 1 fully saturated rings. The van der Waals surface area contributed by atoms with Crippen molar-refractivity contribution in [2.24, 2.45) is 5.92 Å². The molecule has 0 aromatic heterocycles. The molecule has 2 atom stereocenters. The Morgan fingerprint density at radius 3 is 2.77 bits per heavy atom. The first kappa shape index (κ1) is 19.8. The van der Waals surface area contributed by atoms with Crippen molar-refractivity contribution in [1.82, 2.24) is 5.32 Å². The van der Waals surface area contributed by atoms with Gasteiger partial charge in [-0.3, -0.25) is 4.79 Å². The molecule has 0 unspecified atom stereocenters. The van der Waals surface area contributed by atoms with Crippen molar-refractivity contribution < 1.29 is 14.3 Å². The maximum absolute atomic E-state index is 12.5. The zero-order chi connectivity index (χ0) is 18.9. The summed E-state index contributed by atoms with van der Waals surface area (Å²) < 4.78 is 11.0. The quantitative estimate of drug-likeness (QED) is 0.590. The first-order valence-electron chi connectivity index (χ1n) is 9.32. The highest BCUT2D eigenvalue weighted by Gasteiger charge is 2.24. The summed E-state index contributed by atoms with van der Waals surface area (Å²) >= 11 is 0. The van der Waals surface area contributed by atoms with Gasteiger partial charge in [0.15, 0.2) is 11.5 Å². The van der Waals surface area contributed by atoms with Crippen LogP contribution < -0.4 is 14.8 Å². The van der Waals surface area contributed by atoms with Gasteiger partial charge in [0.1, 0.15) is 11.6 Å². The third-order valence-corrected chi connectivity index (χ3v) is 4.75. The molecule has 1 amide bonds. The van der Waals surface area contributed by atoms with E-state index in [9.17, 15) is 10.1 Å². The maximum atomic E-state index is 12.5. The van der Waals surface area contributed by atoms with Gasteiger partial charge < -0.3 is 14.8 Å². The molecule has 1 aliphatic rings. The SMILES string of the molecule is CCCOc1ccc(/C=C(\C#N)C(=O)N[C@H]2CCCC[C@H]2C)cc1OC. The number of ether oxygens (including phenoxy) is 2. The topological polar surface area (TPSA) is 71.3 Å². The molecule has 0 bridgehead atoms. The Labute approximate surface area is 156 Å². The fourth-order valence-electron chi connectivity index (χ4n) is 3.20. The van der Waals surface area contributed by atoms with Crippen LogP contribution in [0.15, 0.2) is 23.8 Å². The van der Waals surface area contributed by atoms with E-state index in [1.54, 1.807) is 25.3 Å². The van der Waals surface area contributed by atoms with Crippen LogP contribution in [0.25, 0.3) is 6.08 Å². The fraction of sp³-hybridized carbons (Fsp3) is 0.524. The van der Waals surface area contributed by atoms with Crippen molar-refractivity contribution in [2.45, 2.75) is 52.0 Å². The monoisotopic (exact) mass is 356 g/mol. The number of benzene rings is 1. The zero-order valence-electron chi connectivity index (χ0n) is 15.9. The molecule has 1 aliphatic carbocycles. The van der Waals surface area contributed by atoms with E-state index in [0.29, 0.717) is 24.0 Å². The summed E-state index contributed by atoms with van der Waals surface area (Å²) in [4.78, 5) is 12.5. The van der Waals surface area contributed by atoms with Crippen molar-refractivity contribution in [3.05, 3.63) is 29.3 Å². The Balaban J connectivity index is 2.14. The van der Waals surface area contributed by atoms with Crippen molar-refractivity contribution in [3.63, 3.8) is 0 Å². The van der Waals surface area contributed by atoms with Gasteiger partial charge in [-0.1, -0.05) is 32.8 Å². The molecule has 1 saturated carbocycles. The second-order valence-corrected chi connectivity index (χ2v) is 6.77. The van der Waals surface area contributed by atoms with Crippen LogP contribution in [0.5, 0.6) is 11.5 Å².